The molecule has 0 radical (unpaired) electrons. The Morgan fingerprint density at radius 2 is 1.53 bits per heavy atom. The topological polar surface area (TPSA) is 44.9 Å². The summed E-state index contributed by atoms with van der Waals surface area (Å²) >= 11 is 0. The predicted molar refractivity (Wildman–Crippen MR) is 290 cm³/mol. The van der Waals surface area contributed by atoms with Gasteiger partial charge in [0.25, 0.3) is 0 Å². The molecule has 8 unspecified atom stereocenters. The van der Waals surface area contributed by atoms with E-state index in [2.05, 4.69) is 233 Å². The number of nitrogens with one attached hydrogen (secondary N) is 1. The van der Waals surface area contributed by atoms with Crippen LogP contribution < -0.4 is 20.8 Å². The number of nitrogens with zero attached hydrogens (tertiary/aromatic N) is 4. The van der Waals surface area contributed by atoms with E-state index in [0.717, 1.165) is 60.6 Å². The van der Waals surface area contributed by atoms with Gasteiger partial charge in [-0.1, -0.05) is 170 Å². The lowest BCUT2D eigenvalue weighted by molar-refractivity contribution is 0.454. The van der Waals surface area contributed by atoms with Crippen molar-refractivity contribution in [2.45, 2.75) is 62.2 Å². The minimum atomic E-state index is -0.230. The van der Waals surface area contributed by atoms with E-state index in [4.69, 9.17) is 9.98 Å². The van der Waals surface area contributed by atoms with Gasteiger partial charge in [0.05, 0.1) is 22.9 Å². The molecule has 1 N–H and O–H groups in total. The molecule has 70 heavy (non-hydrogen) atoms. The van der Waals surface area contributed by atoms with E-state index in [1.165, 1.54) is 60.6 Å². The molecule has 8 atom stereocenters. The van der Waals surface area contributed by atoms with Gasteiger partial charge in [-0.3, -0.25) is 0 Å². The summed E-state index contributed by atoms with van der Waals surface area (Å²) in [4.78, 5) is 13.5. The van der Waals surface area contributed by atoms with Crippen molar-refractivity contribution in [3.05, 3.63) is 262 Å². The molecule has 7 aliphatic carbocycles. The molecule has 0 spiro atoms. The van der Waals surface area contributed by atoms with Gasteiger partial charge < -0.3 is 14.8 Å². The number of amidine groups is 2. The lowest BCUT2D eigenvalue weighted by Gasteiger charge is -2.43. The predicted octanol–water partition coefficient (Wildman–Crippen LogP) is 12.2. The highest BCUT2D eigenvalue weighted by Crippen LogP contribution is 2.51. The number of hydrogen-bond acceptors (Lipinski definition) is 4. The van der Waals surface area contributed by atoms with Crippen LogP contribution in [-0.2, 0) is 0 Å². The van der Waals surface area contributed by atoms with E-state index in [1.807, 2.05) is 0 Å². The van der Waals surface area contributed by atoms with Crippen LogP contribution in [0.2, 0.25) is 0 Å². The molecular formula is C65H55N5. The average Bonchev–Trinajstić information content (AvgIpc) is 3.95. The minimum absolute atomic E-state index is 0.176. The van der Waals surface area contributed by atoms with Gasteiger partial charge in [0.2, 0.25) is 0 Å². The molecule has 4 aromatic carbocycles. The Bertz CT molecular complexity index is 3550. The van der Waals surface area contributed by atoms with Crippen molar-refractivity contribution in [1.82, 2.24) is 9.88 Å². The van der Waals surface area contributed by atoms with Crippen LogP contribution in [0.15, 0.2) is 239 Å². The molecule has 340 valence electrons. The highest BCUT2D eigenvalue weighted by Gasteiger charge is 2.46. The molecule has 3 heterocycles. The Labute approximate surface area is 410 Å². The Balaban J connectivity index is 0.823. The molecule has 1 aromatic heterocycles. The second-order valence-corrected chi connectivity index (χ2v) is 20.2. The Morgan fingerprint density at radius 3 is 2.43 bits per heavy atom. The average molecular weight is 906 g/mol. The number of aliphatic imine (C=N–C) groups is 2. The maximum Gasteiger partial charge on any atom is 0.159 e. The molecule has 0 bridgehead atoms. The Hall–Kier alpha value is -7.76. The second-order valence-electron chi connectivity index (χ2n) is 20.2. The van der Waals surface area contributed by atoms with Crippen LogP contribution in [0.5, 0.6) is 0 Å². The number of benzene rings is 4. The van der Waals surface area contributed by atoms with E-state index < -0.39 is 0 Å². The standard InChI is InChI=1S/C65H55N5/c1-3-16-42(17-4-1)46-21-13-24-49(38-46)64-66-63(67-65(68-64)50-25-14-22-47(39-50)43-18-5-2-6-19-43)45-32-35-51(36-33-45)69-58-29-11-10-28-54(58)57-41-56-48(40-61(57)69)23-15-31-60(56)70-59-30-12-9-27-53(59)55-37-34-44-20-7-8-26-52(44)62(55)70/h1-6,8-16,18,21-38,40-43,47,55-56,60,62,65H,7,17,19-20,39H2,(H,66,67,68). The smallest absolute Gasteiger partial charge is 0.159 e. The lowest BCUT2D eigenvalue weighted by atomic mass is 9.78. The van der Waals surface area contributed by atoms with Crippen molar-refractivity contribution in [2.24, 2.45) is 27.7 Å². The van der Waals surface area contributed by atoms with Gasteiger partial charge in [-0.15, -0.1) is 0 Å². The first-order chi connectivity index (χ1) is 34.7. The van der Waals surface area contributed by atoms with Crippen LogP contribution in [0.1, 0.15) is 66.2 Å². The van der Waals surface area contributed by atoms with Gasteiger partial charge >= 0.3 is 0 Å². The van der Waals surface area contributed by atoms with Crippen LogP contribution in [0, 0.1) is 17.8 Å². The maximum absolute atomic E-state index is 5.39. The highest BCUT2D eigenvalue weighted by atomic mass is 15.2. The lowest BCUT2D eigenvalue weighted by Crippen LogP contribution is -2.49. The summed E-state index contributed by atoms with van der Waals surface area (Å²) in [6.45, 7) is 0. The largest absolute Gasteiger partial charge is 0.356 e. The number of anilines is 1. The van der Waals surface area contributed by atoms with Crippen LogP contribution in [0.4, 0.5) is 5.69 Å². The summed E-state index contributed by atoms with van der Waals surface area (Å²) < 4.78 is 2.47. The van der Waals surface area contributed by atoms with Gasteiger partial charge in [-0.25, -0.2) is 9.98 Å². The maximum atomic E-state index is 5.39. The first kappa shape index (κ1) is 41.2. The summed E-state index contributed by atoms with van der Waals surface area (Å²) in [5.41, 5.74) is 14.2. The fraction of sp³-hybridized carbons (Fsp3) is 0.200. The summed E-state index contributed by atoms with van der Waals surface area (Å²) in [6.07, 6.45) is 51.7. The summed E-state index contributed by atoms with van der Waals surface area (Å²) in [5, 5.41) is 7.65. The van der Waals surface area contributed by atoms with Crippen LogP contribution >= 0.6 is 0 Å². The van der Waals surface area contributed by atoms with E-state index in [-0.39, 0.29) is 24.2 Å². The molecule has 0 saturated heterocycles. The Kier molecular flexibility index (Phi) is 10.0. The molecule has 0 fully saturated rings. The summed E-state index contributed by atoms with van der Waals surface area (Å²) in [6, 6.07) is 36.5. The number of para-hydroxylation sites is 2. The monoisotopic (exact) mass is 905 g/mol. The van der Waals surface area contributed by atoms with E-state index >= 15 is 0 Å². The van der Waals surface area contributed by atoms with Crippen molar-refractivity contribution in [2.75, 3.05) is 4.90 Å². The number of allylic oxidation sites excluding steroid dienone is 16. The zero-order valence-corrected chi connectivity index (χ0v) is 39.2. The molecule has 14 rings (SSSR count). The number of rotatable bonds is 7. The minimum Gasteiger partial charge on any atom is -0.356 e. The number of aromatic nitrogens is 1. The second kappa shape index (κ2) is 17.0. The highest BCUT2D eigenvalue weighted by molar-refractivity contribution is 6.13. The number of fused-ring (bicyclic) bond motifs is 8. The third-order valence-electron chi connectivity index (χ3n) is 16.3. The number of hydrogen-bond donors (Lipinski definition) is 1. The van der Waals surface area contributed by atoms with Gasteiger partial charge in [0.1, 0.15) is 12.0 Å². The first-order valence-electron chi connectivity index (χ1n) is 25.5. The van der Waals surface area contributed by atoms with Crippen LogP contribution in [-0.4, -0.2) is 34.5 Å². The van der Waals surface area contributed by atoms with Gasteiger partial charge in [0.15, 0.2) is 5.84 Å². The van der Waals surface area contributed by atoms with Crippen molar-refractivity contribution >= 4 is 40.4 Å². The first-order valence-corrected chi connectivity index (χ1v) is 25.5. The van der Waals surface area contributed by atoms with Crippen LogP contribution in [0.3, 0.4) is 0 Å². The van der Waals surface area contributed by atoms with Crippen molar-refractivity contribution in [3.8, 4) is 5.69 Å². The van der Waals surface area contributed by atoms with Gasteiger partial charge in [-0.2, -0.15) is 0 Å². The molecule has 5 nitrogen and oxygen atoms in total. The summed E-state index contributed by atoms with van der Waals surface area (Å²) in [7, 11) is 0. The normalized spacial score (nSPS) is 27.6. The molecular weight excluding hydrogens is 851 g/mol. The molecule has 5 aromatic rings. The zero-order chi connectivity index (χ0) is 46.1. The fourth-order valence-corrected chi connectivity index (χ4v) is 12.9. The van der Waals surface area contributed by atoms with Crippen molar-refractivity contribution in [3.63, 3.8) is 0 Å². The fourth-order valence-electron chi connectivity index (χ4n) is 12.9. The van der Waals surface area contributed by atoms with Crippen molar-refractivity contribution < 1.29 is 0 Å². The van der Waals surface area contributed by atoms with E-state index in [9.17, 15) is 0 Å². The Morgan fingerprint density at radius 1 is 0.671 bits per heavy atom. The molecule has 5 heteroatoms. The quantitative estimate of drug-likeness (QED) is 0.177. The SMILES string of the molecule is C1=CCC(c2cccc(C3=NC(C4=CC=CC(C5C=CC=CC5)C4)NC(c4ccc(-n5c6c(c7ccccc75)=CC5C(=CC=CC5N5c7ccccc7C7C=CC8=C(C=CCC8)C75)C=6)cc4)=N3)c2)C=C1. The van der Waals surface area contributed by atoms with Gasteiger partial charge in [-0.05, 0) is 126 Å². The molecule has 9 aliphatic rings. The third-order valence-corrected chi connectivity index (χ3v) is 16.3. The van der Waals surface area contributed by atoms with E-state index in [0.29, 0.717) is 23.7 Å². The summed E-state index contributed by atoms with van der Waals surface area (Å²) in [5.74, 6) is 3.41. The molecule has 0 saturated carbocycles. The van der Waals surface area contributed by atoms with Crippen molar-refractivity contribution in [1.29, 1.82) is 0 Å². The van der Waals surface area contributed by atoms with Gasteiger partial charge in [0, 0.05) is 50.9 Å². The van der Waals surface area contributed by atoms with Crippen LogP contribution in [0.25, 0.3) is 28.7 Å². The molecule has 0 amide bonds. The molecule has 2 aliphatic heterocycles. The van der Waals surface area contributed by atoms with E-state index in [1.54, 1.807) is 0 Å². The third kappa shape index (κ3) is 6.96. The zero-order valence-electron chi connectivity index (χ0n) is 39.2.